The summed E-state index contributed by atoms with van der Waals surface area (Å²) in [5.74, 6) is -1.65. The van der Waals surface area contributed by atoms with E-state index in [1.807, 2.05) is 0 Å². The van der Waals surface area contributed by atoms with Gasteiger partial charge in [-0.1, -0.05) is 0 Å². The molecule has 2 N–H and O–H groups in total. The van der Waals surface area contributed by atoms with Crippen molar-refractivity contribution in [1.29, 1.82) is 5.41 Å². The number of rotatable bonds is 1. The van der Waals surface area contributed by atoms with Crippen molar-refractivity contribution in [2.24, 2.45) is 0 Å². The molecule has 4 heteroatoms. The summed E-state index contributed by atoms with van der Waals surface area (Å²) in [6, 6.07) is 3.66. The molecule has 0 fully saturated rings. The molecule has 66 valence electrons. The van der Waals surface area contributed by atoms with Crippen LogP contribution in [0.4, 0.5) is 14.5 Å². The molecule has 12 heavy (non-hydrogen) atoms. The predicted octanol–water partition coefficient (Wildman–Crippen LogP) is 2.27. The van der Waals surface area contributed by atoms with Gasteiger partial charge < -0.3 is 10.7 Å². The Kier molecular flexibility index (Phi) is 4.60. The Hall–Kier alpha value is -1.45. The first-order chi connectivity index (χ1) is 5.74. The van der Waals surface area contributed by atoms with Gasteiger partial charge in [0, 0.05) is 12.7 Å². The molecule has 0 saturated heterocycles. The Morgan fingerprint density at radius 1 is 1.25 bits per heavy atom. The summed E-state index contributed by atoms with van der Waals surface area (Å²) < 4.78 is 24.6. The molecule has 0 spiro atoms. The largest absolute Gasteiger partial charge is 0.388 e. The van der Waals surface area contributed by atoms with Crippen molar-refractivity contribution in [3.8, 4) is 0 Å². The van der Waals surface area contributed by atoms with Crippen molar-refractivity contribution in [2.45, 2.75) is 0 Å². The number of halogens is 2. The minimum atomic E-state index is -0.827. The average molecular weight is 172 g/mol. The van der Waals surface area contributed by atoms with Gasteiger partial charge in [0.1, 0.15) is 0 Å². The lowest BCUT2D eigenvalue weighted by atomic mass is 10.3. The molecule has 0 heterocycles. The molecule has 1 rings (SSSR count). The van der Waals surface area contributed by atoms with Crippen LogP contribution in [0.25, 0.3) is 0 Å². The molecule has 0 amide bonds. The third-order valence-corrected chi connectivity index (χ3v) is 1.21. The van der Waals surface area contributed by atoms with Gasteiger partial charge >= 0.3 is 0 Å². The molecule has 0 bridgehead atoms. The summed E-state index contributed by atoms with van der Waals surface area (Å²) in [5, 5.41) is 8.19. The molecule has 0 aliphatic heterocycles. The maximum absolute atomic E-state index is 12.4. The fraction of sp³-hybridized carbons (Fsp3) is 0.125. The second-order valence-corrected chi connectivity index (χ2v) is 1.88. The Morgan fingerprint density at radius 3 is 2.25 bits per heavy atom. The van der Waals surface area contributed by atoms with Gasteiger partial charge in [0.05, 0.1) is 0 Å². The van der Waals surface area contributed by atoms with Crippen molar-refractivity contribution in [3.63, 3.8) is 0 Å². The van der Waals surface area contributed by atoms with Gasteiger partial charge in [-0.15, -0.1) is 0 Å². The van der Waals surface area contributed by atoms with E-state index in [0.717, 1.165) is 12.1 Å². The van der Waals surface area contributed by atoms with E-state index < -0.39 is 11.6 Å². The summed E-state index contributed by atoms with van der Waals surface area (Å²) in [4.78, 5) is 0. The summed E-state index contributed by atoms with van der Waals surface area (Å²) in [7, 11) is 1.65. The van der Waals surface area contributed by atoms with Gasteiger partial charge in [-0.2, -0.15) is 0 Å². The predicted molar refractivity (Wildman–Crippen MR) is 45.7 cm³/mol. The molecular weight excluding hydrogens is 162 g/mol. The zero-order valence-corrected chi connectivity index (χ0v) is 6.70. The molecular formula is C8H10F2N2. The van der Waals surface area contributed by atoms with E-state index in [1.54, 1.807) is 7.05 Å². The van der Waals surface area contributed by atoms with Gasteiger partial charge in [0.2, 0.25) is 0 Å². The van der Waals surface area contributed by atoms with Crippen LogP contribution < -0.4 is 5.32 Å². The van der Waals surface area contributed by atoms with Crippen LogP contribution in [0, 0.1) is 17.0 Å². The molecule has 0 aromatic heterocycles. The SMILES string of the molecule is C=N.CNc1ccc(F)c(F)c1. The second-order valence-electron chi connectivity index (χ2n) is 1.88. The van der Waals surface area contributed by atoms with Crippen molar-refractivity contribution in [2.75, 3.05) is 12.4 Å². The van der Waals surface area contributed by atoms with Crippen molar-refractivity contribution >= 4 is 12.4 Å². The number of benzene rings is 1. The summed E-state index contributed by atoms with van der Waals surface area (Å²) in [6.07, 6.45) is 0. The van der Waals surface area contributed by atoms with Crippen LogP contribution in [-0.4, -0.2) is 13.8 Å². The van der Waals surface area contributed by atoms with E-state index in [4.69, 9.17) is 5.41 Å². The highest BCUT2D eigenvalue weighted by Gasteiger charge is 1.99. The lowest BCUT2D eigenvalue weighted by Crippen LogP contribution is -1.90. The van der Waals surface area contributed by atoms with E-state index >= 15 is 0 Å². The monoisotopic (exact) mass is 172 g/mol. The van der Waals surface area contributed by atoms with Crippen LogP contribution in [-0.2, 0) is 0 Å². The topological polar surface area (TPSA) is 35.9 Å². The second kappa shape index (κ2) is 5.23. The minimum absolute atomic E-state index is 0.568. The quantitative estimate of drug-likeness (QED) is 0.626. The van der Waals surface area contributed by atoms with Crippen molar-refractivity contribution in [3.05, 3.63) is 29.8 Å². The first-order valence-corrected chi connectivity index (χ1v) is 3.22. The maximum atomic E-state index is 12.4. The van der Waals surface area contributed by atoms with Crippen LogP contribution >= 0.6 is 0 Å². The Balaban J connectivity index is 0.000000561. The summed E-state index contributed by atoms with van der Waals surface area (Å²) in [5.41, 5.74) is 0.568. The maximum Gasteiger partial charge on any atom is 0.160 e. The lowest BCUT2D eigenvalue weighted by Gasteiger charge is -1.98. The highest BCUT2D eigenvalue weighted by Crippen LogP contribution is 2.11. The molecule has 0 saturated carbocycles. The number of anilines is 1. The zero-order valence-electron chi connectivity index (χ0n) is 6.70. The van der Waals surface area contributed by atoms with Gasteiger partial charge in [0.15, 0.2) is 11.6 Å². The van der Waals surface area contributed by atoms with Gasteiger partial charge in [-0.3, -0.25) is 0 Å². The Bertz CT molecular complexity index is 251. The van der Waals surface area contributed by atoms with E-state index in [2.05, 4.69) is 12.0 Å². The van der Waals surface area contributed by atoms with Crippen molar-refractivity contribution in [1.82, 2.24) is 0 Å². The molecule has 2 nitrogen and oxygen atoms in total. The van der Waals surface area contributed by atoms with Crippen LogP contribution in [0.5, 0.6) is 0 Å². The minimum Gasteiger partial charge on any atom is -0.388 e. The zero-order chi connectivity index (χ0) is 9.56. The highest BCUT2D eigenvalue weighted by atomic mass is 19.2. The Morgan fingerprint density at radius 2 is 1.83 bits per heavy atom. The van der Waals surface area contributed by atoms with Gasteiger partial charge in [-0.25, -0.2) is 8.78 Å². The first kappa shape index (κ1) is 10.6. The van der Waals surface area contributed by atoms with Crippen LogP contribution in [0.2, 0.25) is 0 Å². The number of hydrogen-bond acceptors (Lipinski definition) is 2. The van der Waals surface area contributed by atoms with E-state index in [1.165, 1.54) is 6.07 Å². The smallest absolute Gasteiger partial charge is 0.160 e. The molecule has 0 aliphatic carbocycles. The standard InChI is InChI=1S/C7H7F2N.CH3N/c1-10-5-2-3-6(8)7(9)4-5;1-2/h2-4,10H,1H3;2H,1H2. The van der Waals surface area contributed by atoms with Gasteiger partial charge in [0.25, 0.3) is 0 Å². The lowest BCUT2D eigenvalue weighted by molar-refractivity contribution is 0.509. The normalized spacial score (nSPS) is 8.25. The highest BCUT2D eigenvalue weighted by molar-refractivity contribution is 5.42. The number of hydrogen-bond donors (Lipinski definition) is 2. The molecule has 1 aromatic rings. The Labute approximate surface area is 69.7 Å². The van der Waals surface area contributed by atoms with Crippen LogP contribution in [0.15, 0.2) is 18.2 Å². The van der Waals surface area contributed by atoms with Gasteiger partial charge in [-0.05, 0) is 24.9 Å². The van der Waals surface area contributed by atoms with Crippen LogP contribution in [0.3, 0.4) is 0 Å². The molecule has 0 atom stereocenters. The fourth-order valence-corrected chi connectivity index (χ4v) is 0.652. The van der Waals surface area contributed by atoms with Crippen LogP contribution in [0.1, 0.15) is 0 Å². The average Bonchev–Trinajstić information content (AvgIpc) is 2.13. The molecule has 0 aliphatic rings. The summed E-state index contributed by atoms with van der Waals surface area (Å²) in [6.45, 7) is 2.50. The summed E-state index contributed by atoms with van der Waals surface area (Å²) >= 11 is 0. The van der Waals surface area contributed by atoms with Crippen molar-refractivity contribution < 1.29 is 8.78 Å². The van der Waals surface area contributed by atoms with E-state index in [0.29, 0.717) is 5.69 Å². The van der Waals surface area contributed by atoms with E-state index in [-0.39, 0.29) is 0 Å². The third-order valence-electron chi connectivity index (χ3n) is 1.21. The first-order valence-electron chi connectivity index (χ1n) is 3.22. The fourth-order valence-electron chi connectivity index (χ4n) is 0.652. The van der Waals surface area contributed by atoms with E-state index in [9.17, 15) is 8.78 Å². The molecule has 0 unspecified atom stereocenters. The number of nitrogens with one attached hydrogen (secondary N) is 2. The third kappa shape index (κ3) is 2.65. The molecule has 0 radical (unpaired) electrons. The molecule has 1 aromatic carbocycles.